The lowest BCUT2D eigenvalue weighted by atomic mass is 9.95. The Bertz CT molecular complexity index is 1050. The van der Waals surface area contributed by atoms with Crippen LogP contribution in [-0.2, 0) is 4.79 Å². The number of thiazole rings is 1. The van der Waals surface area contributed by atoms with Gasteiger partial charge in [-0.15, -0.1) is 22.7 Å². The van der Waals surface area contributed by atoms with Crippen molar-refractivity contribution in [1.29, 1.82) is 0 Å². The number of thiophene rings is 1. The van der Waals surface area contributed by atoms with Crippen LogP contribution in [0.2, 0.25) is 0 Å². The minimum absolute atomic E-state index is 0.0964. The van der Waals surface area contributed by atoms with Crippen molar-refractivity contribution in [3.63, 3.8) is 0 Å². The molecule has 0 radical (unpaired) electrons. The van der Waals surface area contributed by atoms with Gasteiger partial charge in [-0.3, -0.25) is 14.5 Å². The van der Waals surface area contributed by atoms with Crippen LogP contribution in [0, 0.1) is 13.8 Å². The van der Waals surface area contributed by atoms with Gasteiger partial charge in [0.2, 0.25) is 5.78 Å². The van der Waals surface area contributed by atoms with E-state index in [9.17, 15) is 14.7 Å². The maximum Gasteiger partial charge on any atom is 0.296 e. The Morgan fingerprint density at radius 2 is 1.93 bits per heavy atom. The zero-order valence-electron chi connectivity index (χ0n) is 14.7. The third-order valence-corrected chi connectivity index (χ3v) is 6.19. The van der Waals surface area contributed by atoms with Gasteiger partial charge < -0.3 is 5.11 Å². The monoisotopic (exact) mass is 396 g/mol. The number of aryl methyl sites for hydroxylation is 2. The zero-order chi connectivity index (χ0) is 19.1. The Morgan fingerprint density at radius 1 is 1.19 bits per heavy atom. The molecule has 1 amide bonds. The molecule has 2 aromatic heterocycles. The van der Waals surface area contributed by atoms with Crippen LogP contribution in [-0.4, -0.2) is 21.8 Å². The first-order valence-electron chi connectivity index (χ1n) is 8.31. The summed E-state index contributed by atoms with van der Waals surface area (Å²) in [5.41, 5.74) is 1.92. The second kappa shape index (κ2) is 6.75. The van der Waals surface area contributed by atoms with Crippen molar-refractivity contribution in [2.75, 3.05) is 4.90 Å². The molecule has 1 aliphatic rings. The second-order valence-electron chi connectivity index (χ2n) is 6.31. The molecular weight excluding hydrogens is 380 g/mol. The molecule has 27 heavy (non-hydrogen) atoms. The van der Waals surface area contributed by atoms with Crippen LogP contribution in [0.15, 0.2) is 59.3 Å². The van der Waals surface area contributed by atoms with Gasteiger partial charge in [-0.05, 0) is 30.9 Å². The van der Waals surface area contributed by atoms with Crippen molar-refractivity contribution >= 4 is 39.5 Å². The molecule has 1 N–H and O–H groups in total. The number of amides is 1. The van der Waals surface area contributed by atoms with Crippen LogP contribution in [0.1, 0.15) is 31.7 Å². The third kappa shape index (κ3) is 2.98. The maximum absolute atomic E-state index is 13.1. The first-order chi connectivity index (χ1) is 13.0. The van der Waals surface area contributed by atoms with Gasteiger partial charge in [-0.2, -0.15) is 0 Å². The van der Waals surface area contributed by atoms with Crippen molar-refractivity contribution in [2.45, 2.75) is 19.9 Å². The molecule has 3 heterocycles. The Morgan fingerprint density at radius 3 is 2.52 bits per heavy atom. The first kappa shape index (κ1) is 17.6. The summed E-state index contributed by atoms with van der Waals surface area (Å²) >= 11 is 2.64. The maximum atomic E-state index is 13.1. The molecule has 1 aromatic carbocycles. The molecule has 1 unspecified atom stereocenters. The summed E-state index contributed by atoms with van der Waals surface area (Å²) in [4.78, 5) is 33.1. The van der Waals surface area contributed by atoms with Gasteiger partial charge in [0.05, 0.1) is 16.5 Å². The summed E-state index contributed by atoms with van der Waals surface area (Å²) < 4.78 is 0. The molecule has 5 nitrogen and oxygen atoms in total. The molecule has 3 aromatic rings. The Kier molecular flexibility index (Phi) is 4.41. The van der Waals surface area contributed by atoms with Gasteiger partial charge in [0.15, 0.2) is 10.9 Å². The predicted octanol–water partition coefficient (Wildman–Crippen LogP) is 4.60. The van der Waals surface area contributed by atoms with Gasteiger partial charge >= 0.3 is 0 Å². The fourth-order valence-corrected chi connectivity index (χ4v) is 4.56. The average Bonchev–Trinajstić information content (AvgIpc) is 3.37. The van der Waals surface area contributed by atoms with Crippen molar-refractivity contribution in [1.82, 2.24) is 4.98 Å². The molecule has 0 aliphatic carbocycles. The number of nitrogens with zero attached hydrogens (tertiary/aromatic N) is 2. The molecule has 136 valence electrons. The van der Waals surface area contributed by atoms with E-state index in [4.69, 9.17) is 0 Å². The molecule has 0 bridgehead atoms. The number of carbonyl (C=O) groups is 2. The fourth-order valence-electron chi connectivity index (χ4n) is 3.09. The number of hydrogen-bond acceptors (Lipinski definition) is 6. The summed E-state index contributed by atoms with van der Waals surface area (Å²) in [6, 6.07) is 10.4. The number of benzene rings is 1. The number of aliphatic hydroxyl groups excluding tert-OH is 1. The number of carbonyl (C=O) groups excluding carboxylic acids is 2. The van der Waals surface area contributed by atoms with Crippen molar-refractivity contribution in [3.8, 4) is 0 Å². The minimum Gasteiger partial charge on any atom is -0.503 e. The van der Waals surface area contributed by atoms with E-state index >= 15 is 0 Å². The minimum atomic E-state index is -0.710. The number of Topliss-reactive ketones (excluding diaryl/α,β-unsaturated/α-hetero) is 1. The zero-order valence-corrected chi connectivity index (χ0v) is 16.3. The number of ketones is 1. The Labute approximate surface area is 164 Å². The van der Waals surface area contributed by atoms with Crippen LogP contribution < -0.4 is 4.90 Å². The summed E-state index contributed by atoms with van der Waals surface area (Å²) in [5.74, 6) is -1.45. The molecule has 1 aliphatic heterocycles. The number of aromatic nitrogens is 1. The highest BCUT2D eigenvalue weighted by atomic mass is 32.1. The van der Waals surface area contributed by atoms with E-state index in [0.717, 1.165) is 16.0 Å². The number of aliphatic hydroxyl groups is 1. The smallest absolute Gasteiger partial charge is 0.296 e. The van der Waals surface area contributed by atoms with E-state index < -0.39 is 17.7 Å². The molecule has 1 atom stereocenters. The largest absolute Gasteiger partial charge is 0.503 e. The molecule has 0 spiro atoms. The molecular formula is C20H16N2O3S2. The summed E-state index contributed by atoms with van der Waals surface area (Å²) in [7, 11) is 0. The molecule has 0 fully saturated rings. The standard InChI is InChI=1S/C20H16N2O3S2/c1-11-5-7-13(8-6-11)16-15(17(23)14-4-3-9-26-14)18(24)19(25)22(16)20-21-10-12(2)27-20/h3-10,16,24H,1-2H3. The second-order valence-corrected chi connectivity index (χ2v) is 8.47. The number of anilines is 1. The van der Waals surface area contributed by atoms with E-state index in [0.29, 0.717) is 10.0 Å². The average molecular weight is 396 g/mol. The lowest BCUT2D eigenvalue weighted by molar-refractivity contribution is -0.117. The highest BCUT2D eigenvalue weighted by Crippen LogP contribution is 2.43. The van der Waals surface area contributed by atoms with E-state index in [2.05, 4.69) is 4.98 Å². The van der Waals surface area contributed by atoms with E-state index in [1.807, 2.05) is 38.1 Å². The predicted molar refractivity (Wildman–Crippen MR) is 107 cm³/mol. The van der Waals surface area contributed by atoms with E-state index in [1.165, 1.54) is 27.6 Å². The van der Waals surface area contributed by atoms with Gasteiger partial charge in [0.1, 0.15) is 0 Å². The van der Waals surface area contributed by atoms with Crippen molar-refractivity contribution in [2.24, 2.45) is 0 Å². The van der Waals surface area contributed by atoms with Gasteiger partial charge in [-0.25, -0.2) is 4.98 Å². The highest BCUT2D eigenvalue weighted by molar-refractivity contribution is 7.15. The van der Waals surface area contributed by atoms with Crippen LogP contribution in [0.4, 0.5) is 5.13 Å². The topological polar surface area (TPSA) is 70.5 Å². The molecule has 0 saturated carbocycles. The fraction of sp³-hybridized carbons (Fsp3) is 0.150. The van der Waals surface area contributed by atoms with Crippen molar-refractivity contribution in [3.05, 3.63) is 80.2 Å². The lowest BCUT2D eigenvalue weighted by Crippen LogP contribution is -2.30. The van der Waals surface area contributed by atoms with Crippen LogP contribution >= 0.6 is 22.7 Å². The summed E-state index contributed by atoms with van der Waals surface area (Å²) in [6.45, 7) is 3.87. The third-order valence-electron chi connectivity index (χ3n) is 4.41. The van der Waals surface area contributed by atoms with Gasteiger partial charge in [0.25, 0.3) is 5.91 Å². The quantitative estimate of drug-likeness (QED) is 0.654. The summed E-state index contributed by atoms with van der Waals surface area (Å²) in [5, 5.41) is 12.9. The Balaban J connectivity index is 1.88. The molecule has 7 heteroatoms. The van der Waals surface area contributed by atoms with E-state index in [-0.39, 0.29) is 11.4 Å². The SMILES string of the molecule is Cc1ccc(C2C(C(=O)c3cccs3)=C(O)C(=O)N2c2ncc(C)s2)cc1. The van der Waals surface area contributed by atoms with Crippen LogP contribution in [0.25, 0.3) is 0 Å². The number of hydrogen-bond donors (Lipinski definition) is 1. The van der Waals surface area contributed by atoms with Crippen LogP contribution in [0.3, 0.4) is 0 Å². The highest BCUT2D eigenvalue weighted by Gasteiger charge is 2.45. The number of rotatable bonds is 4. The molecule has 4 rings (SSSR count). The van der Waals surface area contributed by atoms with Gasteiger partial charge in [0, 0.05) is 11.1 Å². The normalized spacial score (nSPS) is 17.0. The summed E-state index contributed by atoms with van der Waals surface area (Å²) in [6.07, 6.45) is 1.68. The van der Waals surface area contributed by atoms with Crippen molar-refractivity contribution < 1.29 is 14.7 Å². The van der Waals surface area contributed by atoms with Gasteiger partial charge in [-0.1, -0.05) is 35.9 Å². The lowest BCUT2D eigenvalue weighted by Gasteiger charge is -2.24. The van der Waals surface area contributed by atoms with Crippen LogP contribution in [0.5, 0.6) is 0 Å². The Hall–Kier alpha value is -2.77. The first-order valence-corrected chi connectivity index (χ1v) is 10.0. The van der Waals surface area contributed by atoms with E-state index in [1.54, 1.807) is 23.7 Å². The molecule has 0 saturated heterocycles.